The Morgan fingerprint density at radius 1 is 1.19 bits per heavy atom. The van der Waals surface area contributed by atoms with E-state index in [1.807, 2.05) is 0 Å². The first-order valence-electron chi connectivity index (χ1n) is 11.8. The van der Waals surface area contributed by atoms with Crippen molar-refractivity contribution >= 4 is 5.82 Å². The van der Waals surface area contributed by atoms with Crippen LogP contribution in [-0.4, -0.2) is 40.3 Å². The number of halogens is 4. The maximum atomic E-state index is 14.6. The number of hydrogen-bond donors (Lipinski definition) is 0. The third-order valence-electron chi connectivity index (χ3n) is 7.22. The highest BCUT2D eigenvalue weighted by Crippen LogP contribution is 2.58. The molecule has 0 amide bonds. The molecule has 37 heavy (non-hydrogen) atoms. The van der Waals surface area contributed by atoms with Crippen LogP contribution >= 0.6 is 0 Å². The molecule has 4 aliphatic rings. The smallest absolute Gasteiger partial charge is 0.433 e. The van der Waals surface area contributed by atoms with Gasteiger partial charge in [-0.3, -0.25) is 9.55 Å². The van der Waals surface area contributed by atoms with Gasteiger partial charge in [-0.05, 0) is 42.5 Å². The van der Waals surface area contributed by atoms with E-state index in [4.69, 9.17) is 14.2 Å². The van der Waals surface area contributed by atoms with Crippen LogP contribution in [0.5, 0.6) is 23.1 Å². The van der Waals surface area contributed by atoms with Gasteiger partial charge in [0.1, 0.15) is 11.4 Å². The van der Waals surface area contributed by atoms with E-state index in [1.54, 1.807) is 10.6 Å². The molecule has 2 saturated heterocycles. The lowest BCUT2D eigenvalue weighted by Gasteiger charge is -2.37. The second-order valence-electron chi connectivity index (χ2n) is 9.59. The average Bonchev–Trinajstić information content (AvgIpc) is 3.47. The molecule has 2 aromatic heterocycles. The molecule has 12 heteroatoms. The van der Waals surface area contributed by atoms with Gasteiger partial charge in [0.2, 0.25) is 5.75 Å². The van der Waals surface area contributed by atoms with Crippen molar-refractivity contribution in [2.45, 2.75) is 37.5 Å². The van der Waals surface area contributed by atoms with Crippen LogP contribution < -0.4 is 24.8 Å². The summed E-state index contributed by atoms with van der Waals surface area (Å²) in [4.78, 5) is 22.3. The van der Waals surface area contributed by atoms with E-state index in [-0.39, 0.29) is 35.9 Å². The number of alkyl halides is 3. The Morgan fingerprint density at radius 3 is 2.73 bits per heavy atom. The molecule has 0 radical (unpaired) electrons. The predicted molar refractivity (Wildman–Crippen MR) is 123 cm³/mol. The second-order valence-corrected chi connectivity index (χ2v) is 9.59. The number of aromatic nitrogens is 3. The standard InChI is InChI=1S/C25H22F4N4O4/c1-35-20-21(31-23(34)32-13-24-10-15(11-24)12-33(24)22(20)32)36-7-5-14-2-3-18(17(26)8-14)37-16-4-6-30-19(9-16)25(27,28)29/h2-4,6,8-9,15H,5,7,10-13H2,1H3. The first-order chi connectivity index (χ1) is 17.7. The van der Waals surface area contributed by atoms with Crippen molar-refractivity contribution < 1.29 is 31.8 Å². The summed E-state index contributed by atoms with van der Waals surface area (Å²) in [5.41, 5.74) is -0.982. The molecule has 2 bridgehead atoms. The summed E-state index contributed by atoms with van der Waals surface area (Å²) in [6, 6.07) is 6.04. The van der Waals surface area contributed by atoms with Crippen molar-refractivity contribution in [2.75, 3.05) is 25.2 Å². The molecule has 3 aromatic rings. The zero-order valence-electron chi connectivity index (χ0n) is 19.7. The highest BCUT2D eigenvalue weighted by atomic mass is 19.4. The number of ether oxygens (including phenoxy) is 3. The summed E-state index contributed by atoms with van der Waals surface area (Å²) in [7, 11) is 1.51. The van der Waals surface area contributed by atoms with Crippen LogP contribution in [0.3, 0.4) is 0 Å². The summed E-state index contributed by atoms with van der Waals surface area (Å²) in [6.45, 7) is 1.58. The summed E-state index contributed by atoms with van der Waals surface area (Å²) in [5, 5.41) is 0. The van der Waals surface area contributed by atoms with Crippen LogP contribution in [0.1, 0.15) is 24.1 Å². The fraction of sp³-hybridized carbons (Fsp3) is 0.400. The fourth-order valence-electron chi connectivity index (χ4n) is 5.63. The number of anilines is 1. The van der Waals surface area contributed by atoms with E-state index >= 15 is 0 Å². The van der Waals surface area contributed by atoms with Gasteiger partial charge in [0.25, 0.3) is 5.88 Å². The van der Waals surface area contributed by atoms with Crippen molar-refractivity contribution in [3.63, 3.8) is 0 Å². The highest BCUT2D eigenvalue weighted by Gasteiger charge is 2.61. The highest BCUT2D eigenvalue weighted by molar-refractivity contribution is 5.64. The average molecular weight is 518 g/mol. The number of hydrogen-bond acceptors (Lipinski definition) is 7. The van der Waals surface area contributed by atoms with Gasteiger partial charge >= 0.3 is 11.9 Å². The SMILES string of the molecule is COc1c(OCCc2ccc(Oc3ccnc(C(F)(F)F)c3)c(F)c2)nc(=O)n2c1N1CC3CC1(C3)C2. The zero-order chi connectivity index (χ0) is 25.9. The van der Waals surface area contributed by atoms with Crippen LogP contribution in [-0.2, 0) is 19.1 Å². The molecule has 1 aromatic carbocycles. The van der Waals surface area contributed by atoms with Gasteiger partial charge in [0.15, 0.2) is 17.4 Å². The van der Waals surface area contributed by atoms with Crippen LogP contribution in [0.25, 0.3) is 0 Å². The lowest BCUT2D eigenvalue weighted by molar-refractivity contribution is -0.141. The topological polar surface area (TPSA) is 78.7 Å². The molecule has 1 saturated carbocycles. The fourth-order valence-corrected chi connectivity index (χ4v) is 5.63. The lowest BCUT2D eigenvalue weighted by atomic mass is 9.74. The van der Waals surface area contributed by atoms with E-state index in [2.05, 4.69) is 14.9 Å². The minimum atomic E-state index is -4.64. The van der Waals surface area contributed by atoms with Gasteiger partial charge in [0.05, 0.1) is 25.8 Å². The van der Waals surface area contributed by atoms with Gasteiger partial charge < -0.3 is 19.1 Å². The molecule has 194 valence electrons. The maximum Gasteiger partial charge on any atom is 0.433 e. The van der Waals surface area contributed by atoms with Gasteiger partial charge in [-0.1, -0.05) is 6.07 Å². The van der Waals surface area contributed by atoms with Crippen LogP contribution in [0.4, 0.5) is 23.4 Å². The van der Waals surface area contributed by atoms with Crippen molar-refractivity contribution in [2.24, 2.45) is 5.92 Å². The Hall–Kier alpha value is -3.83. The van der Waals surface area contributed by atoms with Crippen molar-refractivity contribution in [1.82, 2.24) is 14.5 Å². The minimum Gasteiger partial charge on any atom is -0.489 e. The quantitative estimate of drug-likeness (QED) is 0.434. The predicted octanol–water partition coefficient (Wildman–Crippen LogP) is 4.20. The number of fused-ring (bicyclic) bond motifs is 1. The zero-order valence-corrected chi connectivity index (χ0v) is 19.7. The molecular formula is C25H22F4N4O4. The number of benzene rings is 1. The van der Waals surface area contributed by atoms with E-state index < -0.39 is 23.4 Å². The Balaban J connectivity index is 1.14. The van der Waals surface area contributed by atoms with E-state index in [9.17, 15) is 22.4 Å². The molecular weight excluding hydrogens is 496 g/mol. The molecule has 5 heterocycles. The second kappa shape index (κ2) is 8.35. The van der Waals surface area contributed by atoms with Crippen LogP contribution in [0.2, 0.25) is 0 Å². The monoisotopic (exact) mass is 518 g/mol. The summed E-state index contributed by atoms with van der Waals surface area (Å²) in [6.07, 6.45) is -1.29. The largest absolute Gasteiger partial charge is 0.489 e. The van der Waals surface area contributed by atoms with Crippen LogP contribution in [0, 0.1) is 11.7 Å². The Kier molecular flexibility index (Phi) is 5.32. The number of methoxy groups -OCH3 is 1. The van der Waals surface area contributed by atoms with Crippen LogP contribution in [0.15, 0.2) is 41.3 Å². The number of rotatable bonds is 7. The molecule has 3 aliphatic heterocycles. The molecule has 1 spiro atoms. The van der Waals surface area contributed by atoms with Crippen molar-refractivity contribution in [1.29, 1.82) is 0 Å². The first-order valence-corrected chi connectivity index (χ1v) is 11.8. The maximum absolute atomic E-state index is 14.6. The minimum absolute atomic E-state index is 0.0175. The van der Waals surface area contributed by atoms with E-state index in [0.717, 1.165) is 25.6 Å². The van der Waals surface area contributed by atoms with Gasteiger partial charge in [-0.2, -0.15) is 18.2 Å². The van der Waals surface area contributed by atoms with E-state index in [1.165, 1.54) is 25.3 Å². The molecule has 3 fully saturated rings. The Bertz CT molecular complexity index is 1440. The molecule has 0 N–H and O–H groups in total. The molecule has 8 nitrogen and oxygen atoms in total. The molecule has 1 aliphatic carbocycles. The summed E-state index contributed by atoms with van der Waals surface area (Å²) >= 11 is 0. The third kappa shape index (κ3) is 3.94. The number of nitrogens with zero attached hydrogens (tertiary/aromatic N) is 4. The number of pyridine rings is 1. The van der Waals surface area contributed by atoms with E-state index in [0.29, 0.717) is 35.7 Å². The Labute approximate surface area is 208 Å². The summed E-state index contributed by atoms with van der Waals surface area (Å²) in [5.74, 6) is 0.696. The van der Waals surface area contributed by atoms with Crippen molar-refractivity contribution in [3.05, 3.63) is 64.1 Å². The van der Waals surface area contributed by atoms with Crippen molar-refractivity contribution in [3.8, 4) is 23.1 Å². The molecule has 0 unspecified atom stereocenters. The molecule has 0 atom stereocenters. The van der Waals surface area contributed by atoms with Gasteiger partial charge in [-0.25, -0.2) is 9.18 Å². The Morgan fingerprint density at radius 2 is 2.00 bits per heavy atom. The first kappa shape index (κ1) is 23.6. The lowest BCUT2D eigenvalue weighted by Crippen LogP contribution is -2.44. The summed E-state index contributed by atoms with van der Waals surface area (Å²) < 4.78 is 71.5. The van der Waals surface area contributed by atoms with Gasteiger partial charge in [0, 0.05) is 25.2 Å². The normalized spacial score (nSPS) is 21.3. The molecule has 7 rings (SSSR count). The van der Waals surface area contributed by atoms with Gasteiger partial charge in [-0.15, -0.1) is 0 Å². The third-order valence-corrected chi connectivity index (χ3v) is 7.22.